The van der Waals surface area contributed by atoms with Crippen LogP contribution in [0.1, 0.15) is 57.8 Å². The number of aromatic nitrogens is 2. The highest BCUT2D eigenvalue weighted by Gasteiger charge is 2.27. The number of hydrogen-bond donors (Lipinski definition) is 1. The predicted molar refractivity (Wildman–Crippen MR) is 83.5 cm³/mol. The van der Waals surface area contributed by atoms with Crippen LogP contribution in [0.2, 0.25) is 0 Å². The summed E-state index contributed by atoms with van der Waals surface area (Å²) >= 11 is 0. The normalized spacial score (nSPS) is 27.0. The summed E-state index contributed by atoms with van der Waals surface area (Å²) < 4.78 is 5.52. The Morgan fingerprint density at radius 2 is 1.95 bits per heavy atom. The van der Waals surface area contributed by atoms with Gasteiger partial charge < -0.3 is 14.7 Å². The molecule has 0 radical (unpaired) electrons. The fraction of sp³-hybridized carbons (Fsp3) is 0.875. The van der Waals surface area contributed by atoms with Gasteiger partial charge in [-0.05, 0) is 49.7 Å². The molecule has 1 aliphatic heterocycles. The average molecular weight is 292 g/mol. The van der Waals surface area contributed by atoms with E-state index in [0.717, 1.165) is 37.9 Å². The molecule has 2 aliphatic rings. The van der Waals surface area contributed by atoms with E-state index in [1.807, 2.05) is 0 Å². The summed E-state index contributed by atoms with van der Waals surface area (Å²) in [6, 6.07) is 0.620. The van der Waals surface area contributed by atoms with E-state index in [1.54, 1.807) is 0 Å². The molecule has 1 saturated heterocycles. The van der Waals surface area contributed by atoms with Crippen molar-refractivity contribution in [2.75, 3.05) is 24.5 Å². The summed E-state index contributed by atoms with van der Waals surface area (Å²) in [5.74, 6) is 2.28. The molecule has 1 aromatic rings. The fourth-order valence-corrected chi connectivity index (χ4v) is 3.76. The number of nitrogens with one attached hydrogen (secondary N) is 1. The SMILES string of the molecule is CCNC1CCCCC1Cc1nc(N2CCCCC2)no1. The number of anilines is 1. The molecular formula is C16H28N4O. The molecule has 2 fully saturated rings. The van der Waals surface area contributed by atoms with Crippen molar-refractivity contribution in [1.82, 2.24) is 15.5 Å². The molecule has 2 atom stereocenters. The monoisotopic (exact) mass is 292 g/mol. The highest BCUT2D eigenvalue weighted by molar-refractivity contribution is 5.28. The van der Waals surface area contributed by atoms with Crippen molar-refractivity contribution >= 4 is 5.95 Å². The Morgan fingerprint density at radius 3 is 2.76 bits per heavy atom. The van der Waals surface area contributed by atoms with Crippen molar-refractivity contribution in [3.63, 3.8) is 0 Å². The molecule has 5 nitrogen and oxygen atoms in total. The van der Waals surface area contributed by atoms with Crippen LogP contribution in [-0.4, -0.2) is 35.8 Å². The van der Waals surface area contributed by atoms with Gasteiger partial charge in [-0.2, -0.15) is 4.98 Å². The van der Waals surface area contributed by atoms with Crippen molar-refractivity contribution < 1.29 is 4.52 Å². The Kier molecular flexibility index (Phi) is 5.12. The van der Waals surface area contributed by atoms with Gasteiger partial charge in [0.15, 0.2) is 0 Å². The molecule has 21 heavy (non-hydrogen) atoms. The molecule has 5 heteroatoms. The van der Waals surface area contributed by atoms with Crippen LogP contribution in [0.15, 0.2) is 4.52 Å². The first-order valence-electron chi connectivity index (χ1n) is 8.67. The second-order valence-corrected chi connectivity index (χ2v) is 6.45. The van der Waals surface area contributed by atoms with Gasteiger partial charge >= 0.3 is 0 Å². The topological polar surface area (TPSA) is 54.2 Å². The van der Waals surface area contributed by atoms with Crippen LogP contribution in [0, 0.1) is 5.92 Å². The van der Waals surface area contributed by atoms with Crippen molar-refractivity contribution in [1.29, 1.82) is 0 Å². The molecule has 2 unspecified atom stereocenters. The molecule has 0 aromatic carbocycles. The molecule has 1 aromatic heterocycles. The van der Waals surface area contributed by atoms with E-state index in [1.165, 1.54) is 44.9 Å². The summed E-state index contributed by atoms with van der Waals surface area (Å²) in [5.41, 5.74) is 0. The first kappa shape index (κ1) is 14.8. The van der Waals surface area contributed by atoms with Crippen LogP contribution >= 0.6 is 0 Å². The van der Waals surface area contributed by atoms with Gasteiger partial charge in [-0.1, -0.05) is 19.8 Å². The van der Waals surface area contributed by atoms with E-state index in [4.69, 9.17) is 4.52 Å². The minimum atomic E-state index is 0.620. The summed E-state index contributed by atoms with van der Waals surface area (Å²) in [6.07, 6.45) is 9.98. The van der Waals surface area contributed by atoms with E-state index >= 15 is 0 Å². The Hall–Kier alpha value is -1.10. The smallest absolute Gasteiger partial charge is 0.266 e. The lowest BCUT2D eigenvalue weighted by atomic mass is 9.82. The van der Waals surface area contributed by atoms with Gasteiger partial charge in [0, 0.05) is 25.6 Å². The first-order valence-corrected chi connectivity index (χ1v) is 8.67. The van der Waals surface area contributed by atoms with Gasteiger partial charge in [0.25, 0.3) is 5.95 Å². The van der Waals surface area contributed by atoms with Gasteiger partial charge in [0.2, 0.25) is 5.89 Å². The van der Waals surface area contributed by atoms with E-state index in [9.17, 15) is 0 Å². The van der Waals surface area contributed by atoms with Crippen LogP contribution < -0.4 is 10.2 Å². The van der Waals surface area contributed by atoms with E-state index in [2.05, 4.69) is 27.3 Å². The van der Waals surface area contributed by atoms with Crippen LogP contribution in [0.3, 0.4) is 0 Å². The Balaban J connectivity index is 1.60. The van der Waals surface area contributed by atoms with Gasteiger partial charge in [-0.15, -0.1) is 0 Å². The van der Waals surface area contributed by atoms with Crippen molar-refractivity contribution in [3.05, 3.63) is 5.89 Å². The molecule has 1 N–H and O–H groups in total. The zero-order chi connectivity index (χ0) is 14.5. The van der Waals surface area contributed by atoms with Gasteiger partial charge in [-0.25, -0.2) is 0 Å². The van der Waals surface area contributed by atoms with Crippen molar-refractivity contribution in [3.8, 4) is 0 Å². The largest absolute Gasteiger partial charge is 0.338 e. The third-order valence-corrected chi connectivity index (χ3v) is 4.91. The second-order valence-electron chi connectivity index (χ2n) is 6.45. The maximum absolute atomic E-state index is 5.52. The summed E-state index contributed by atoms with van der Waals surface area (Å²) in [5, 5.41) is 7.82. The minimum absolute atomic E-state index is 0.620. The standard InChI is InChI=1S/C16H28N4O/c1-2-17-14-9-5-4-8-13(14)12-15-18-16(19-21-15)20-10-6-3-7-11-20/h13-14,17H,2-12H2,1H3. The highest BCUT2D eigenvalue weighted by Crippen LogP contribution is 2.28. The Bertz CT molecular complexity index is 426. The van der Waals surface area contributed by atoms with Crippen LogP contribution in [-0.2, 0) is 6.42 Å². The van der Waals surface area contributed by atoms with E-state index in [0.29, 0.717) is 12.0 Å². The zero-order valence-electron chi connectivity index (χ0n) is 13.2. The maximum atomic E-state index is 5.52. The van der Waals surface area contributed by atoms with Crippen molar-refractivity contribution in [2.24, 2.45) is 5.92 Å². The van der Waals surface area contributed by atoms with Gasteiger partial charge in [0.05, 0.1) is 0 Å². The van der Waals surface area contributed by atoms with Gasteiger partial charge in [0.1, 0.15) is 0 Å². The van der Waals surface area contributed by atoms with Crippen LogP contribution in [0.5, 0.6) is 0 Å². The Morgan fingerprint density at radius 1 is 1.14 bits per heavy atom. The molecule has 1 aliphatic carbocycles. The van der Waals surface area contributed by atoms with Crippen molar-refractivity contribution in [2.45, 2.75) is 64.3 Å². The minimum Gasteiger partial charge on any atom is -0.338 e. The molecule has 0 bridgehead atoms. The van der Waals surface area contributed by atoms with Crippen LogP contribution in [0.4, 0.5) is 5.95 Å². The maximum Gasteiger partial charge on any atom is 0.266 e. The lowest BCUT2D eigenvalue weighted by Gasteiger charge is -2.31. The van der Waals surface area contributed by atoms with E-state index < -0.39 is 0 Å². The predicted octanol–water partition coefficient (Wildman–Crippen LogP) is 2.77. The summed E-state index contributed by atoms with van der Waals surface area (Å²) in [7, 11) is 0. The quantitative estimate of drug-likeness (QED) is 0.904. The molecule has 2 heterocycles. The van der Waals surface area contributed by atoms with Crippen LogP contribution in [0.25, 0.3) is 0 Å². The first-order chi connectivity index (χ1) is 10.4. The van der Waals surface area contributed by atoms with Gasteiger partial charge in [-0.3, -0.25) is 0 Å². The third-order valence-electron chi connectivity index (χ3n) is 4.91. The molecule has 1 saturated carbocycles. The lowest BCUT2D eigenvalue weighted by molar-refractivity contribution is 0.242. The molecule has 0 amide bonds. The molecule has 3 rings (SSSR count). The Labute approximate surface area is 127 Å². The van der Waals surface area contributed by atoms with E-state index in [-0.39, 0.29) is 0 Å². The fourth-order valence-electron chi connectivity index (χ4n) is 3.76. The number of rotatable bonds is 5. The number of hydrogen-bond acceptors (Lipinski definition) is 5. The second kappa shape index (κ2) is 7.25. The lowest BCUT2D eigenvalue weighted by Crippen LogP contribution is -2.39. The average Bonchev–Trinajstić information content (AvgIpc) is 2.99. The number of piperidine rings is 1. The summed E-state index contributed by atoms with van der Waals surface area (Å²) in [4.78, 5) is 6.91. The molecule has 118 valence electrons. The molecular weight excluding hydrogens is 264 g/mol. The highest BCUT2D eigenvalue weighted by atomic mass is 16.5. The number of nitrogens with zero attached hydrogens (tertiary/aromatic N) is 3. The zero-order valence-corrected chi connectivity index (χ0v) is 13.2. The molecule has 0 spiro atoms. The summed E-state index contributed by atoms with van der Waals surface area (Å²) in [6.45, 7) is 5.38. The third kappa shape index (κ3) is 3.76.